The summed E-state index contributed by atoms with van der Waals surface area (Å²) in [4.78, 5) is 23.4. The molecule has 1 aliphatic heterocycles. The first-order valence-electron chi connectivity index (χ1n) is 12.7. The fourth-order valence-electron chi connectivity index (χ4n) is 4.60. The lowest BCUT2D eigenvalue weighted by Crippen LogP contribution is -2.36. The molecule has 2 heterocycles. The van der Waals surface area contributed by atoms with E-state index in [9.17, 15) is 31.5 Å². The second-order valence-corrected chi connectivity index (χ2v) is 12.1. The summed E-state index contributed by atoms with van der Waals surface area (Å²) in [7, 11) is -3.82. The van der Waals surface area contributed by atoms with Crippen LogP contribution in [-0.2, 0) is 10.0 Å². The van der Waals surface area contributed by atoms with E-state index in [4.69, 9.17) is 4.74 Å². The van der Waals surface area contributed by atoms with Crippen molar-refractivity contribution in [2.75, 3.05) is 40.4 Å². The minimum Gasteiger partial charge on any atom is -0.463 e. The molecule has 2 aliphatic rings. The van der Waals surface area contributed by atoms with E-state index >= 15 is 0 Å². The molecule has 214 valence electrons. The zero-order valence-corrected chi connectivity index (χ0v) is 22.5. The fourth-order valence-corrected chi connectivity index (χ4v) is 5.80. The van der Waals surface area contributed by atoms with Crippen LogP contribution in [0, 0.1) is 12.3 Å². The van der Waals surface area contributed by atoms with Crippen LogP contribution >= 0.6 is 0 Å². The normalized spacial score (nSPS) is 17.5. The Hall–Kier alpha value is -3.13. The molecule has 0 unspecified atom stereocenters. The van der Waals surface area contributed by atoms with E-state index in [1.54, 1.807) is 13.0 Å². The van der Waals surface area contributed by atoms with Crippen molar-refractivity contribution in [1.29, 1.82) is 0 Å². The number of benzene rings is 1. The van der Waals surface area contributed by atoms with E-state index < -0.39 is 47.0 Å². The monoisotopic (exact) mass is 571 g/mol. The maximum atomic E-state index is 13.4. The first-order valence-corrected chi connectivity index (χ1v) is 14.3. The summed E-state index contributed by atoms with van der Waals surface area (Å²) < 4.78 is 69.7. The highest BCUT2D eigenvalue weighted by Crippen LogP contribution is 2.54. The smallest absolute Gasteiger partial charge is 0.392 e. The zero-order chi connectivity index (χ0) is 28.4. The van der Waals surface area contributed by atoms with E-state index in [0.717, 1.165) is 12.8 Å². The highest BCUT2D eigenvalue weighted by molar-refractivity contribution is 7.92. The number of amides is 1. The number of anilines is 3. The van der Waals surface area contributed by atoms with Gasteiger partial charge in [0, 0.05) is 24.8 Å². The maximum Gasteiger partial charge on any atom is 0.392 e. The number of aryl methyl sites for hydroxylation is 1. The van der Waals surface area contributed by atoms with Crippen LogP contribution in [-0.4, -0.2) is 67.1 Å². The first-order chi connectivity index (χ1) is 18.2. The number of aliphatic hydroxyl groups excluding tert-OH is 1. The molecule has 1 spiro atoms. The van der Waals surface area contributed by atoms with Crippen molar-refractivity contribution in [2.24, 2.45) is 5.41 Å². The molecule has 4 rings (SSSR count). The first kappa shape index (κ1) is 28.9. The third-order valence-corrected chi connectivity index (χ3v) is 8.26. The molecule has 39 heavy (non-hydrogen) atoms. The van der Waals surface area contributed by atoms with Crippen LogP contribution in [0.15, 0.2) is 24.3 Å². The molecule has 1 atom stereocenters. The summed E-state index contributed by atoms with van der Waals surface area (Å²) in [6.45, 7) is 3.71. The van der Waals surface area contributed by atoms with Crippen LogP contribution < -0.4 is 19.7 Å². The number of hydrogen-bond acceptors (Lipinski definition) is 8. The van der Waals surface area contributed by atoms with Crippen LogP contribution in [0.1, 0.15) is 55.1 Å². The number of carbonyl (C=O) groups excluding carboxylic acids is 1. The van der Waals surface area contributed by atoms with Crippen molar-refractivity contribution < 1.29 is 36.2 Å². The van der Waals surface area contributed by atoms with E-state index in [2.05, 4.69) is 20.0 Å². The van der Waals surface area contributed by atoms with Gasteiger partial charge in [0.15, 0.2) is 0 Å². The Balaban J connectivity index is 1.56. The number of sulfonamides is 1. The Morgan fingerprint density at radius 1 is 1.18 bits per heavy atom. The van der Waals surface area contributed by atoms with Crippen LogP contribution in [0.4, 0.5) is 30.4 Å². The van der Waals surface area contributed by atoms with Gasteiger partial charge in [-0.15, -0.1) is 0 Å². The summed E-state index contributed by atoms with van der Waals surface area (Å²) in [6, 6.07) is 5.73. The van der Waals surface area contributed by atoms with E-state index in [0.29, 0.717) is 29.9 Å². The summed E-state index contributed by atoms with van der Waals surface area (Å²) in [6.07, 6.45) is -2.29. The number of carbonyl (C=O) groups is 1. The molecule has 0 radical (unpaired) electrons. The highest BCUT2D eigenvalue weighted by atomic mass is 32.2. The van der Waals surface area contributed by atoms with Crippen LogP contribution in [0.2, 0.25) is 0 Å². The second-order valence-electron chi connectivity index (χ2n) is 10.3. The summed E-state index contributed by atoms with van der Waals surface area (Å²) >= 11 is 0. The van der Waals surface area contributed by atoms with Crippen LogP contribution in [0.3, 0.4) is 0 Å². The molecule has 1 saturated heterocycles. The number of rotatable bonds is 10. The number of aromatic nitrogens is 2. The number of nitrogens with one attached hydrogen (secondary N) is 2. The van der Waals surface area contributed by atoms with Gasteiger partial charge < -0.3 is 20.1 Å². The molecule has 1 saturated carbocycles. The SMILES string of the molecule is Cc1cc(NC(=O)c2ccc(NS(=O)(=O)C[C@@H](C)O)cc2N2CCC3(CC2)CC3)nc(OCCC(F)(F)F)n1. The maximum absolute atomic E-state index is 13.4. The van der Waals surface area contributed by atoms with Crippen molar-refractivity contribution >= 4 is 33.1 Å². The molecule has 2 fully saturated rings. The van der Waals surface area contributed by atoms with Gasteiger partial charge >= 0.3 is 12.2 Å². The van der Waals surface area contributed by atoms with Crippen molar-refractivity contribution in [1.82, 2.24) is 9.97 Å². The molecule has 14 heteroatoms. The van der Waals surface area contributed by atoms with Gasteiger partial charge in [0.25, 0.3) is 5.91 Å². The Labute approximate surface area is 225 Å². The van der Waals surface area contributed by atoms with Gasteiger partial charge in [-0.2, -0.15) is 18.2 Å². The lowest BCUT2D eigenvalue weighted by Gasteiger charge is -2.35. The molecule has 1 aliphatic carbocycles. The Bertz CT molecular complexity index is 1310. The number of halogens is 3. The van der Waals surface area contributed by atoms with Crippen molar-refractivity contribution in [3.63, 3.8) is 0 Å². The van der Waals surface area contributed by atoms with Gasteiger partial charge in [-0.3, -0.25) is 9.52 Å². The Kier molecular flexibility index (Phi) is 8.26. The quantitative estimate of drug-likeness (QED) is 0.391. The van der Waals surface area contributed by atoms with Crippen LogP contribution in [0.5, 0.6) is 6.01 Å². The molecule has 3 N–H and O–H groups in total. The number of aliphatic hydroxyl groups is 1. The molecule has 1 aromatic heterocycles. The molecule has 1 amide bonds. The molecular weight excluding hydrogens is 539 g/mol. The molecule has 0 bridgehead atoms. The highest BCUT2D eigenvalue weighted by Gasteiger charge is 2.44. The third-order valence-electron chi connectivity index (χ3n) is 6.79. The van der Waals surface area contributed by atoms with Crippen molar-refractivity contribution in [3.05, 3.63) is 35.5 Å². The summed E-state index contributed by atoms with van der Waals surface area (Å²) in [5, 5.41) is 12.2. The Morgan fingerprint density at radius 2 is 1.87 bits per heavy atom. The lowest BCUT2D eigenvalue weighted by atomic mass is 9.93. The lowest BCUT2D eigenvalue weighted by molar-refractivity contribution is -0.139. The topological polar surface area (TPSA) is 134 Å². The zero-order valence-electron chi connectivity index (χ0n) is 21.7. The van der Waals surface area contributed by atoms with Gasteiger partial charge in [-0.05, 0) is 63.1 Å². The average molecular weight is 572 g/mol. The van der Waals surface area contributed by atoms with E-state index in [-0.39, 0.29) is 23.1 Å². The molecular formula is C25H32F3N5O5S. The Morgan fingerprint density at radius 3 is 2.49 bits per heavy atom. The van der Waals surface area contributed by atoms with Gasteiger partial charge in [0.1, 0.15) is 12.4 Å². The largest absolute Gasteiger partial charge is 0.463 e. The average Bonchev–Trinajstić information content (AvgIpc) is 3.55. The summed E-state index contributed by atoms with van der Waals surface area (Å²) in [5.74, 6) is -0.954. The van der Waals surface area contributed by atoms with Gasteiger partial charge in [0.2, 0.25) is 10.0 Å². The summed E-state index contributed by atoms with van der Waals surface area (Å²) in [5.41, 5.74) is 1.82. The number of piperidine rings is 1. The van der Waals surface area contributed by atoms with Gasteiger partial charge in [0.05, 0.1) is 35.2 Å². The van der Waals surface area contributed by atoms with Gasteiger partial charge in [-0.1, -0.05) is 0 Å². The van der Waals surface area contributed by atoms with E-state index in [1.165, 1.54) is 38.0 Å². The predicted molar refractivity (Wildman–Crippen MR) is 140 cm³/mol. The number of ether oxygens (including phenoxy) is 1. The van der Waals surface area contributed by atoms with Crippen molar-refractivity contribution in [3.8, 4) is 6.01 Å². The second kappa shape index (κ2) is 11.2. The van der Waals surface area contributed by atoms with E-state index in [1.807, 2.05) is 4.90 Å². The third kappa shape index (κ3) is 8.18. The number of hydrogen-bond donors (Lipinski definition) is 3. The standard InChI is InChI=1S/C25H32F3N5O5S/c1-16-13-21(31-23(29-16)38-12-9-25(26,27)28)30-22(35)19-4-3-18(32-39(36,37)15-17(2)34)14-20(19)33-10-7-24(5-6-24)8-11-33/h3-4,13-14,17,32,34H,5-12,15H2,1-2H3,(H,29,30,31,35)/t17-/m1/s1. The van der Waals surface area contributed by atoms with Crippen LogP contribution in [0.25, 0.3) is 0 Å². The fraction of sp³-hybridized carbons (Fsp3) is 0.560. The van der Waals surface area contributed by atoms with Crippen molar-refractivity contribution in [2.45, 2.75) is 58.2 Å². The number of alkyl halides is 3. The predicted octanol–water partition coefficient (Wildman–Crippen LogP) is 3.87. The van der Waals surface area contributed by atoms with Gasteiger partial charge in [-0.25, -0.2) is 13.4 Å². The molecule has 1 aromatic carbocycles. The molecule has 2 aromatic rings. The number of nitrogens with zero attached hydrogens (tertiary/aromatic N) is 3. The molecule has 10 nitrogen and oxygen atoms in total. The minimum absolute atomic E-state index is 0.0535. The minimum atomic E-state index is -4.39.